The maximum Gasteiger partial charge on any atom is 0.140 e. The Morgan fingerprint density at radius 3 is 2.47 bits per heavy atom. The molecule has 1 heterocycles. The number of benzene rings is 2. The molecule has 6 heteroatoms. The predicted octanol–water partition coefficient (Wildman–Crippen LogP) is 3.69. The third-order valence-electron chi connectivity index (χ3n) is 2.76. The molecule has 2 aromatic carbocycles. The molecular formula is C13H8ClIN2O2. The molecule has 19 heavy (non-hydrogen) atoms. The summed E-state index contributed by atoms with van der Waals surface area (Å²) < 4.78 is 2.42. The van der Waals surface area contributed by atoms with Crippen LogP contribution in [0.5, 0.6) is 11.5 Å². The molecular weight excluding hydrogens is 379 g/mol. The average Bonchev–Trinajstić information content (AvgIpc) is 2.67. The van der Waals surface area contributed by atoms with Gasteiger partial charge in [-0.25, -0.2) is 4.68 Å². The molecule has 0 radical (unpaired) electrons. The van der Waals surface area contributed by atoms with Crippen molar-refractivity contribution in [1.29, 1.82) is 0 Å². The van der Waals surface area contributed by atoms with Crippen molar-refractivity contribution in [3.63, 3.8) is 0 Å². The molecule has 0 atom stereocenters. The third-order valence-corrected chi connectivity index (χ3v) is 3.98. The van der Waals surface area contributed by atoms with E-state index in [4.69, 9.17) is 11.6 Å². The molecule has 96 valence electrons. The van der Waals surface area contributed by atoms with E-state index in [-0.39, 0.29) is 11.5 Å². The maximum absolute atomic E-state index is 9.50. The summed E-state index contributed by atoms with van der Waals surface area (Å²) in [6.07, 6.45) is 0. The van der Waals surface area contributed by atoms with Crippen LogP contribution < -0.4 is 0 Å². The van der Waals surface area contributed by atoms with Gasteiger partial charge in [-0.2, -0.15) is 5.10 Å². The predicted molar refractivity (Wildman–Crippen MR) is 82.1 cm³/mol. The van der Waals surface area contributed by atoms with Gasteiger partial charge in [0, 0.05) is 8.96 Å². The largest absolute Gasteiger partial charge is 0.508 e. The number of aromatic hydroxyl groups is 2. The zero-order chi connectivity index (χ0) is 13.6. The Bertz CT molecular complexity index is 786. The third kappa shape index (κ3) is 2.12. The van der Waals surface area contributed by atoms with Crippen LogP contribution in [0.3, 0.4) is 0 Å². The number of nitrogens with zero attached hydrogens (tertiary/aromatic N) is 2. The van der Waals surface area contributed by atoms with E-state index in [0.29, 0.717) is 16.1 Å². The van der Waals surface area contributed by atoms with Gasteiger partial charge in [-0.15, -0.1) is 0 Å². The highest BCUT2D eigenvalue weighted by Crippen LogP contribution is 2.31. The molecule has 1 aromatic heterocycles. The molecule has 0 fully saturated rings. The Kier molecular flexibility index (Phi) is 3.02. The number of aromatic nitrogens is 2. The first-order chi connectivity index (χ1) is 9.06. The van der Waals surface area contributed by atoms with E-state index in [1.807, 2.05) is 0 Å². The van der Waals surface area contributed by atoms with Gasteiger partial charge in [0.1, 0.15) is 16.7 Å². The molecule has 0 saturated carbocycles. The lowest BCUT2D eigenvalue weighted by atomic mass is 10.2. The summed E-state index contributed by atoms with van der Waals surface area (Å²) in [5.41, 5.74) is 1.48. The molecule has 0 aliphatic heterocycles. The van der Waals surface area contributed by atoms with Gasteiger partial charge in [0.05, 0.1) is 11.2 Å². The zero-order valence-electron chi connectivity index (χ0n) is 9.51. The van der Waals surface area contributed by atoms with Crippen LogP contribution in [0, 0.1) is 3.57 Å². The fourth-order valence-electron chi connectivity index (χ4n) is 1.87. The zero-order valence-corrected chi connectivity index (χ0v) is 12.4. The van der Waals surface area contributed by atoms with E-state index >= 15 is 0 Å². The Balaban J connectivity index is 2.28. The second-order valence-electron chi connectivity index (χ2n) is 4.04. The van der Waals surface area contributed by atoms with Crippen LogP contribution in [-0.2, 0) is 0 Å². The fourth-order valence-corrected chi connectivity index (χ4v) is 2.88. The Morgan fingerprint density at radius 1 is 1.05 bits per heavy atom. The summed E-state index contributed by atoms with van der Waals surface area (Å²) in [4.78, 5) is 0. The lowest BCUT2D eigenvalue weighted by Crippen LogP contribution is -1.98. The summed E-state index contributed by atoms with van der Waals surface area (Å²) >= 11 is 8.41. The molecule has 0 bridgehead atoms. The van der Waals surface area contributed by atoms with Crippen molar-refractivity contribution >= 4 is 45.1 Å². The van der Waals surface area contributed by atoms with Crippen molar-refractivity contribution in [3.8, 4) is 17.2 Å². The minimum Gasteiger partial charge on any atom is -0.508 e. The van der Waals surface area contributed by atoms with Gasteiger partial charge in [0.25, 0.3) is 0 Å². The van der Waals surface area contributed by atoms with Crippen LogP contribution in [0.2, 0.25) is 5.15 Å². The number of phenols is 2. The van der Waals surface area contributed by atoms with Crippen LogP contribution in [0.15, 0.2) is 36.4 Å². The van der Waals surface area contributed by atoms with Crippen molar-refractivity contribution < 1.29 is 10.2 Å². The number of fused-ring (bicyclic) bond motifs is 1. The van der Waals surface area contributed by atoms with Gasteiger partial charge in [-0.1, -0.05) is 11.6 Å². The van der Waals surface area contributed by atoms with Crippen LogP contribution in [0.25, 0.3) is 16.6 Å². The molecule has 3 aromatic rings. The standard InChI is InChI=1S/C13H8ClIN2O2/c14-13-9-5-7(18)1-3-11(9)16-17(13)12-4-2-8(19)6-10(12)15/h1-6,18-19H. The molecule has 0 aliphatic rings. The minimum atomic E-state index is 0.148. The lowest BCUT2D eigenvalue weighted by molar-refractivity contribution is 0.474. The average molecular weight is 387 g/mol. The Hall–Kier alpha value is -1.47. The monoisotopic (exact) mass is 386 g/mol. The molecule has 2 N–H and O–H groups in total. The Labute approximate surface area is 127 Å². The van der Waals surface area contributed by atoms with E-state index in [9.17, 15) is 10.2 Å². The number of phenolic OH excluding ortho intramolecular Hbond substituents is 2. The molecule has 3 rings (SSSR count). The van der Waals surface area contributed by atoms with Gasteiger partial charge < -0.3 is 10.2 Å². The van der Waals surface area contributed by atoms with Gasteiger partial charge in [-0.3, -0.25) is 0 Å². The highest BCUT2D eigenvalue weighted by Gasteiger charge is 2.13. The van der Waals surface area contributed by atoms with Crippen molar-refractivity contribution in [2.45, 2.75) is 0 Å². The second kappa shape index (κ2) is 4.57. The van der Waals surface area contributed by atoms with Gasteiger partial charge in [-0.05, 0) is 59.0 Å². The molecule has 0 unspecified atom stereocenters. The normalized spacial score (nSPS) is 11.1. The molecule has 0 spiro atoms. The molecule has 0 aliphatic carbocycles. The van der Waals surface area contributed by atoms with Crippen molar-refractivity contribution in [2.24, 2.45) is 0 Å². The minimum absolute atomic E-state index is 0.148. The summed E-state index contributed by atoms with van der Waals surface area (Å²) in [5.74, 6) is 0.341. The van der Waals surface area contributed by atoms with Crippen molar-refractivity contribution in [3.05, 3.63) is 45.1 Å². The van der Waals surface area contributed by atoms with Gasteiger partial charge in [0.15, 0.2) is 0 Å². The number of halogens is 2. The molecule has 0 saturated heterocycles. The second-order valence-corrected chi connectivity index (χ2v) is 5.56. The summed E-state index contributed by atoms with van der Waals surface area (Å²) in [7, 11) is 0. The van der Waals surface area contributed by atoms with E-state index in [0.717, 1.165) is 9.26 Å². The van der Waals surface area contributed by atoms with Crippen LogP contribution in [-0.4, -0.2) is 20.0 Å². The first-order valence-corrected chi connectivity index (χ1v) is 6.88. The summed E-state index contributed by atoms with van der Waals surface area (Å²) in [6, 6.07) is 9.81. The molecule has 0 amide bonds. The number of hydrogen-bond acceptors (Lipinski definition) is 3. The van der Waals surface area contributed by atoms with Crippen molar-refractivity contribution in [2.75, 3.05) is 0 Å². The van der Waals surface area contributed by atoms with Gasteiger partial charge >= 0.3 is 0 Å². The lowest BCUT2D eigenvalue weighted by Gasteiger charge is -2.06. The highest BCUT2D eigenvalue weighted by molar-refractivity contribution is 14.1. The quantitative estimate of drug-likeness (QED) is 0.627. The highest BCUT2D eigenvalue weighted by atomic mass is 127. The first-order valence-electron chi connectivity index (χ1n) is 5.42. The topological polar surface area (TPSA) is 58.3 Å². The smallest absolute Gasteiger partial charge is 0.140 e. The van der Waals surface area contributed by atoms with Crippen molar-refractivity contribution in [1.82, 2.24) is 9.78 Å². The SMILES string of the molecule is Oc1ccc(-n2nc3ccc(O)cc3c2Cl)c(I)c1. The Morgan fingerprint density at radius 2 is 1.74 bits per heavy atom. The van der Waals surface area contributed by atoms with E-state index < -0.39 is 0 Å². The number of hydrogen-bond donors (Lipinski definition) is 2. The number of rotatable bonds is 1. The summed E-state index contributed by atoms with van der Waals surface area (Å²) in [5, 5.41) is 24.4. The molecule has 4 nitrogen and oxygen atoms in total. The van der Waals surface area contributed by atoms with E-state index in [2.05, 4.69) is 27.7 Å². The fraction of sp³-hybridized carbons (Fsp3) is 0. The summed E-state index contributed by atoms with van der Waals surface area (Å²) in [6.45, 7) is 0. The maximum atomic E-state index is 9.50. The van der Waals surface area contributed by atoms with Crippen LogP contribution in [0.1, 0.15) is 0 Å². The van der Waals surface area contributed by atoms with Crippen LogP contribution in [0.4, 0.5) is 0 Å². The van der Waals surface area contributed by atoms with Crippen LogP contribution >= 0.6 is 34.2 Å². The van der Waals surface area contributed by atoms with E-state index in [1.165, 1.54) is 0 Å². The van der Waals surface area contributed by atoms with Gasteiger partial charge in [0.2, 0.25) is 0 Å². The van der Waals surface area contributed by atoms with E-state index in [1.54, 1.807) is 41.1 Å². The first kappa shape index (κ1) is 12.6.